The average molecular weight is 423 g/mol. The van der Waals surface area contributed by atoms with Gasteiger partial charge in [0.2, 0.25) is 0 Å². The van der Waals surface area contributed by atoms with Crippen LogP contribution in [0, 0.1) is 6.92 Å². The lowest BCUT2D eigenvalue weighted by molar-refractivity contribution is -0.147. The number of amides is 1. The van der Waals surface area contributed by atoms with Gasteiger partial charge >= 0.3 is 17.0 Å². The highest BCUT2D eigenvalue weighted by molar-refractivity contribution is 7.07. The van der Waals surface area contributed by atoms with Crippen LogP contribution in [0.3, 0.4) is 0 Å². The number of aryl methyl sites for hydroxylation is 1. The number of carbonyl (C=O) groups excluding carboxylic acids is 2. The minimum Gasteiger partial charge on any atom is -0.456 e. The number of nitrogens with one attached hydrogen (secondary N) is 1. The van der Waals surface area contributed by atoms with Crippen LogP contribution in [-0.2, 0) is 27.0 Å². The molecule has 1 N–H and O–H groups in total. The summed E-state index contributed by atoms with van der Waals surface area (Å²) in [5, 5.41) is 3.35. The van der Waals surface area contributed by atoms with Gasteiger partial charge < -0.3 is 14.6 Å². The van der Waals surface area contributed by atoms with E-state index in [0.29, 0.717) is 5.69 Å². The molecule has 0 radical (unpaired) electrons. The monoisotopic (exact) mass is 422 g/mol. The van der Waals surface area contributed by atoms with Crippen molar-refractivity contribution in [1.82, 2.24) is 4.57 Å². The molecule has 2 aromatic rings. The summed E-state index contributed by atoms with van der Waals surface area (Å²) >= 11 is 6.72. The average Bonchev–Trinajstić information content (AvgIpc) is 2.90. The molecule has 1 amide bonds. The van der Waals surface area contributed by atoms with E-state index in [0.717, 1.165) is 23.5 Å². The van der Waals surface area contributed by atoms with Crippen LogP contribution in [0.4, 0.5) is 18.9 Å². The Labute approximate surface area is 160 Å². The summed E-state index contributed by atoms with van der Waals surface area (Å²) in [6.45, 7) is 1.01. The van der Waals surface area contributed by atoms with E-state index in [2.05, 4.69) is 0 Å². The smallest absolute Gasteiger partial charge is 0.418 e. The summed E-state index contributed by atoms with van der Waals surface area (Å²) in [5.74, 6) is -1.73. The third kappa shape index (κ3) is 5.57. The molecule has 11 heteroatoms. The molecule has 6 nitrogen and oxygen atoms in total. The maximum Gasteiger partial charge on any atom is 0.418 e. The Morgan fingerprint density at radius 2 is 2.04 bits per heavy atom. The van der Waals surface area contributed by atoms with E-state index in [1.54, 1.807) is 12.3 Å². The number of anilines is 1. The highest BCUT2D eigenvalue weighted by atomic mass is 35.5. The number of benzene rings is 1. The van der Waals surface area contributed by atoms with Gasteiger partial charge in [-0.15, -0.1) is 0 Å². The molecule has 0 bridgehead atoms. The Bertz CT molecular complexity index is 908. The van der Waals surface area contributed by atoms with E-state index in [1.165, 1.54) is 10.6 Å². The zero-order valence-corrected chi connectivity index (χ0v) is 15.5. The van der Waals surface area contributed by atoms with Gasteiger partial charge in [0.15, 0.2) is 6.61 Å². The fourth-order valence-corrected chi connectivity index (χ4v) is 3.14. The molecule has 0 saturated carbocycles. The molecule has 1 heterocycles. The van der Waals surface area contributed by atoms with Crippen LogP contribution in [0.15, 0.2) is 28.4 Å². The number of hydrogen-bond acceptors (Lipinski definition) is 5. The van der Waals surface area contributed by atoms with Gasteiger partial charge in [-0.05, 0) is 19.1 Å². The predicted molar refractivity (Wildman–Crippen MR) is 94.0 cm³/mol. The van der Waals surface area contributed by atoms with E-state index >= 15 is 0 Å². The second-order valence-electron chi connectivity index (χ2n) is 5.41. The third-order valence-corrected chi connectivity index (χ3v) is 4.66. The molecule has 2 rings (SSSR count). The number of nitrogens with zero attached hydrogens (tertiary/aromatic N) is 1. The minimum atomic E-state index is -4.71. The topological polar surface area (TPSA) is 77.4 Å². The molecule has 146 valence electrons. The van der Waals surface area contributed by atoms with Crippen LogP contribution >= 0.6 is 22.9 Å². The molecule has 0 aliphatic heterocycles. The second-order valence-corrected chi connectivity index (χ2v) is 6.64. The largest absolute Gasteiger partial charge is 0.456 e. The maximum absolute atomic E-state index is 13.0. The summed E-state index contributed by atoms with van der Waals surface area (Å²) in [7, 11) is 0. The number of hydrogen-bond donors (Lipinski definition) is 1. The van der Waals surface area contributed by atoms with Gasteiger partial charge in [0.05, 0.1) is 22.7 Å². The third-order valence-electron chi connectivity index (χ3n) is 3.46. The standard InChI is InChI=1S/C16H14ClF3N2O4S/c1-9-8-27-15(25)22(9)6-5-13(24)26-7-12(23)21-14-10(16(18,19)20)3-2-4-11(14)17/h2-4,8H,5-7H2,1H3,(H,21,23). The molecule has 1 aromatic heterocycles. The van der Waals surface area contributed by atoms with Gasteiger partial charge in [-0.2, -0.15) is 13.2 Å². The number of esters is 1. The van der Waals surface area contributed by atoms with Crippen LogP contribution in [0.5, 0.6) is 0 Å². The van der Waals surface area contributed by atoms with E-state index in [1.807, 2.05) is 5.32 Å². The fraction of sp³-hybridized carbons (Fsp3) is 0.312. The second kappa shape index (κ2) is 8.57. The normalized spacial score (nSPS) is 11.3. The highest BCUT2D eigenvalue weighted by Gasteiger charge is 2.34. The first-order valence-electron chi connectivity index (χ1n) is 7.55. The van der Waals surface area contributed by atoms with Gasteiger partial charge in [0, 0.05) is 17.6 Å². The van der Waals surface area contributed by atoms with E-state index < -0.39 is 35.9 Å². The molecular weight excluding hydrogens is 409 g/mol. The number of thiazole rings is 1. The summed E-state index contributed by atoms with van der Waals surface area (Å²) in [5.41, 5.74) is -1.02. The molecule has 0 fully saturated rings. The molecule has 0 saturated heterocycles. The maximum atomic E-state index is 13.0. The summed E-state index contributed by atoms with van der Waals surface area (Å²) < 4.78 is 45.0. The molecule has 0 atom stereocenters. The zero-order chi connectivity index (χ0) is 20.2. The lowest BCUT2D eigenvalue weighted by Gasteiger charge is -2.15. The lowest BCUT2D eigenvalue weighted by Crippen LogP contribution is -2.24. The Hall–Kier alpha value is -2.33. The van der Waals surface area contributed by atoms with E-state index in [-0.39, 0.29) is 22.9 Å². The Morgan fingerprint density at radius 1 is 1.33 bits per heavy atom. The number of alkyl halides is 3. The quantitative estimate of drug-likeness (QED) is 0.723. The number of aromatic nitrogens is 1. The molecule has 0 spiro atoms. The van der Waals surface area contributed by atoms with Gasteiger partial charge in [-0.3, -0.25) is 14.4 Å². The van der Waals surface area contributed by atoms with Crippen molar-refractivity contribution in [3.05, 3.63) is 49.5 Å². The number of ether oxygens (including phenoxy) is 1. The Morgan fingerprint density at radius 3 is 2.63 bits per heavy atom. The first kappa shape index (κ1) is 21.0. The summed E-state index contributed by atoms with van der Waals surface area (Å²) in [6, 6.07) is 3.07. The van der Waals surface area contributed by atoms with Gasteiger partial charge in [-0.1, -0.05) is 29.0 Å². The van der Waals surface area contributed by atoms with Crippen molar-refractivity contribution in [3.8, 4) is 0 Å². The molecule has 0 unspecified atom stereocenters. The van der Waals surface area contributed by atoms with Crippen LogP contribution in [0.2, 0.25) is 5.02 Å². The van der Waals surface area contributed by atoms with Crippen molar-refractivity contribution in [2.45, 2.75) is 26.1 Å². The molecule has 0 aliphatic rings. The molecular formula is C16H14ClF3N2O4S. The van der Waals surface area contributed by atoms with Crippen molar-refractivity contribution in [2.24, 2.45) is 0 Å². The predicted octanol–water partition coefficient (Wildman–Crippen LogP) is 3.46. The van der Waals surface area contributed by atoms with Crippen molar-refractivity contribution >= 4 is 40.5 Å². The SMILES string of the molecule is Cc1csc(=O)n1CCC(=O)OCC(=O)Nc1c(Cl)cccc1C(F)(F)F. The van der Waals surface area contributed by atoms with Crippen molar-refractivity contribution < 1.29 is 27.5 Å². The first-order chi connectivity index (χ1) is 12.6. The van der Waals surface area contributed by atoms with Crippen molar-refractivity contribution in [1.29, 1.82) is 0 Å². The highest BCUT2D eigenvalue weighted by Crippen LogP contribution is 2.38. The number of halogens is 4. The van der Waals surface area contributed by atoms with Crippen LogP contribution in [0.25, 0.3) is 0 Å². The summed E-state index contributed by atoms with van der Waals surface area (Å²) in [4.78, 5) is 34.8. The van der Waals surface area contributed by atoms with Crippen molar-refractivity contribution in [3.63, 3.8) is 0 Å². The number of carbonyl (C=O) groups is 2. The summed E-state index contributed by atoms with van der Waals surface area (Å²) in [6.07, 6.45) is -4.87. The van der Waals surface area contributed by atoms with Gasteiger partial charge in [0.25, 0.3) is 5.91 Å². The first-order valence-corrected chi connectivity index (χ1v) is 8.81. The number of para-hydroxylation sites is 1. The van der Waals surface area contributed by atoms with Crippen LogP contribution in [-0.4, -0.2) is 23.1 Å². The van der Waals surface area contributed by atoms with E-state index in [9.17, 15) is 27.6 Å². The minimum absolute atomic E-state index is 0.0807. The number of rotatable bonds is 6. The van der Waals surface area contributed by atoms with Crippen molar-refractivity contribution in [2.75, 3.05) is 11.9 Å². The molecule has 0 aliphatic carbocycles. The van der Waals surface area contributed by atoms with Gasteiger partial charge in [0.1, 0.15) is 0 Å². The Balaban J connectivity index is 1.92. The lowest BCUT2D eigenvalue weighted by atomic mass is 10.1. The van der Waals surface area contributed by atoms with Crippen LogP contribution in [0.1, 0.15) is 17.7 Å². The molecule has 27 heavy (non-hydrogen) atoms. The molecule has 1 aromatic carbocycles. The van der Waals surface area contributed by atoms with Gasteiger partial charge in [-0.25, -0.2) is 0 Å². The van der Waals surface area contributed by atoms with Crippen LogP contribution < -0.4 is 10.2 Å². The fourth-order valence-electron chi connectivity index (χ4n) is 2.16. The van der Waals surface area contributed by atoms with E-state index in [4.69, 9.17) is 16.3 Å². The Kier molecular flexibility index (Phi) is 6.66. The zero-order valence-electron chi connectivity index (χ0n) is 13.9.